The minimum Gasteiger partial charge on any atom is -0.872 e. The molecule has 0 saturated heterocycles. The number of aliphatic carboxylic acids is 4. The molecule has 101 heavy (non-hydrogen) atoms. The Morgan fingerprint density at radius 3 is 0.624 bits per heavy atom. The number of nitrogens with one attached hydrogen (secondary N) is 4. The van der Waals surface area contributed by atoms with Crippen LogP contribution in [0.25, 0.3) is 31.9 Å². The summed E-state index contributed by atoms with van der Waals surface area (Å²) in [5.41, 5.74) is 34.5. The second-order valence-corrected chi connectivity index (χ2v) is 18.0. The predicted octanol–water partition coefficient (Wildman–Crippen LogP) is 3.75. The number of carbonyl (C=O) groups is 4. The van der Waals surface area contributed by atoms with E-state index in [1.165, 1.54) is 23.7 Å². The maximum atomic E-state index is 11.4. The zero-order valence-corrected chi connectivity index (χ0v) is 60.7. The second-order valence-electron chi connectivity index (χ2n) is 18.0. The molecule has 4 heterocycles. The van der Waals surface area contributed by atoms with Crippen LogP contribution >= 0.6 is 0 Å². The Balaban J connectivity index is -0.000000140. The quantitative estimate of drug-likeness (QED) is 0.0277. The third-order valence-electron chi connectivity index (χ3n) is 10.3. The zero-order valence-electron chi connectivity index (χ0n) is 55.8. The zero-order chi connectivity index (χ0) is 72.8. The SMILES string of the molecule is CC#N.CC#N.CC(=O)[O-].CC(=O)[O-].CC(=O)[O-].CC(=O)[O-].[N-]=[N+]=[N-].[N-]=[N+]=[N-].[Ni+2].[Ni+3].[Ni+3].[Ni+3].[Ni+3].[O-]c1ccccc1CNCCc1ccccn1.[O-]c1ccccc1CNCCc1ccccn1.[O-]c1ccccc1CNCCc1ccccn1.[O-]c1ccccc1CNCCc1ccccn1. The van der Waals surface area contributed by atoms with Crippen molar-refractivity contribution >= 4 is 23.9 Å². The fourth-order valence-electron chi connectivity index (χ4n) is 6.54. The van der Waals surface area contributed by atoms with E-state index in [2.05, 4.69) is 41.2 Å². The molecule has 0 amide bonds. The number of hydrogen-bond acceptors (Lipinski definition) is 22. The molecule has 548 valence electrons. The summed E-state index contributed by atoms with van der Waals surface area (Å²) in [6.07, 6.45) is 10.7. The van der Waals surface area contributed by atoms with Gasteiger partial charge in [-0.05, 0) is 98.5 Å². The van der Waals surface area contributed by atoms with Gasteiger partial charge in [0.05, 0.1) is 12.1 Å². The maximum absolute atomic E-state index is 11.4. The summed E-state index contributed by atoms with van der Waals surface area (Å²) in [5, 5.41) is 109. The van der Waals surface area contributed by atoms with Crippen molar-refractivity contribution in [3.63, 3.8) is 0 Å². The van der Waals surface area contributed by atoms with Crippen LogP contribution < -0.4 is 62.1 Å². The molecule has 0 bridgehead atoms. The van der Waals surface area contributed by atoms with Gasteiger partial charge in [-0.1, -0.05) is 121 Å². The third-order valence-corrected chi connectivity index (χ3v) is 10.3. The first kappa shape index (κ1) is 110. The van der Waals surface area contributed by atoms with E-state index in [9.17, 15) is 20.4 Å². The van der Waals surface area contributed by atoms with Gasteiger partial charge < -0.3 is 103 Å². The largest absolute Gasteiger partial charge is 3.00 e. The summed E-state index contributed by atoms with van der Waals surface area (Å²) in [7, 11) is 0. The fourth-order valence-corrected chi connectivity index (χ4v) is 6.54. The van der Waals surface area contributed by atoms with Crippen LogP contribution in [-0.4, -0.2) is 70.0 Å². The van der Waals surface area contributed by atoms with E-state index in [1.54, 1.807) is 85.5 Å². The van der Waals surface area contributed by atoms with Gasteiger partial charge in [-0.2, -0.15) is 10.5 Å². The van der Waals surface area contributed by atoms with E-state index in [-0.39, 0.29) is 105 Å². The topological polar surface area (TPSA) is 517 Å². The van der Waals surface area contributed by atoms with Crippen molar-refractivity contribution in [1.29, 1.82) is 10.5 Å². The smallest absolute Gasteiger partial charge is 0.872 e. The van der Waals surface area contributed by atoms with Crippen molar-refractivity contribution in [2.24, 2.45) is 0 Å². The van der Waals surface area contributed by atoms with Gasteiger partial charge in [-0.3, -0.25) is 29.8 Å². The summed E-state index contributed by atoms with van der Waals surface area (Å²) in [6.45, 7) is 12.5. The van der Waals surface area contributed by atoms with Crippen LogP contribution in [0.3, 0.4) is 0 Å². The predicted molar refractivity (Wildman–Crippen MR) is 348 cm³/mol. The standard InChI is InChI=1S/4C14H16N2O.2C2H3N.4C2H4O2.2N3.5Ni/c4*17-14-7-2-1-5-12(14)11-15-10-8-13-6-3-4-9-16-13;2*1-2-3;4*1-2(3)4;2*1-3-2;;;;;/h4*1-7,9,15,17H,8,10-11H2;2*1H3;4*1H3,(H,3,4);;;;;;;/q;;;;;;;;;;2*-1;+2;4*+3/p-8. The van der Waals surface area contributed by atoms with E-state index in [0.717, 1.165) is 125 Å². The van der Waals surface area contributed by atoms with Crippen LogP contribution in [0.1, 0.15) is 86.6 Å². The normalized spacial score (nSPS) is 8.28. The molecule has 0 atom stereocenters. The summed E-state index contributed by atoms with van der Waals surface area (Å²) in [5.74, 6) is -3.95. The average molecular weight is 1600 g/mol. The van der Waals surface area contributed by atoms with Crippen molar-refractivity contribution in [3.05, 3.63) is 272 Å². The molecule has 0 saturated carbocycles. The number of nitrogens with zero attached hydrogens (tertiary/aromatic N) is 12. The Morgan fingerprint density at radius 1 is 0.356 bits per heavy atom. The Morgan fingerprint density at radius 2 is 0.495 bits per heavy atom. The molecule has 0 unspecified atom stereocenters. The number of carbonyl (C=O) groups excluding carboxylic acids is 4. The van der Waals surface area contributed by atoms with Crippen molar-refractivity contribution in [1.82, 2.24) is 41.2 Å². The number of pyridine rings is 4. The first-order valence-electron chi connectivity index (χ1n) is 28.7. The van der Waals surface area contributed by atoms with Crippen molar-refractivity contribution in [2.45, 2.75) is 93.4 Å². The number of carboxylic acids is 4. The number of hydrogen-bond donors (Lipinski definition) is 4. The van der Waals surface area contributed by atoms with Crippen LogP contribution in [0.4, 0.5) is 0 Å². The maximum Gasteiger partial charge on any atom is 3.00 e. The van der Waals surface area contributed by atoms with E-state index >= 15 is 0 Å². The first-order valence-corrected chi connectivity index (χ1v) is 28.7. The average Bonchev–Trinajstić information content (AvgIpc) is 1.00. The first-order chi connectivity index (χ1) is 46.0. The number of benzene rings is 4. The molecule has 8 aromatic rings. The number of aromatic nitrogens is 4. The van der Waals surface area contributed by atoms with Crippen molar-refractivity contribution in [3.8, 4) is 35.1 Å². The molecule has 0 aliphatic carbocycles. The van der Waals surface area contributed by atoms with E-state index < -0.39 is 23.9 Å². The van der Waals surface area contributed by atoms with Gasteiger partial charge in [-0.25, -0.2) is 0 Å². The molecule has 4 radical (unpaired) electrons. The number of para-hydroxylation sites is 4. The van der Waals surface area contributed by atoms with Gasteiger partial charge in [0.15, 0.2) is 0 Å². The van der Waals surface area contributed by atoms with Crippen LogP contribution in [0.15, 0.2) is 195 Å². The molecule has 33 heteroatoms. The minimum absolute atomic E-state index is 0. The Labute approximate surface area is 640 Å². The summed E-state index contributed by atoms with van der Waals surface area (Å²) in [4.78, 5) is 55.5. The summed E-state index contributed by atoms with van der Waals surface area (Å²) >= 11 is 0. The summed E-state index contributed by atoms with van der Waals surface area (Å²) in [6, 6.07) is 55.5. The van der Waals surface area contributed by atoms with Gasteiger partial charge in [-0.15, -0.1) is 23.0 Å². The molecular formula is C68H78N16Ni5O12+4. The van der Waals surface area contributed by atoms with Crippen molar-refractivity contribution < 1.29 is 142 Å². The van der Waals surface area contributed by atoms with Gasteiger partial charge in [0, 0.05) is 163 Å². The van der Waals surface area contributed by atoms with Gasteiger partial charge in [0.2, 0.25) is 0 Å². The number of rotatable bonds is 20. The van der Waals surface area contributed by atoms with E-state index in [1.807, 2.05) is 121 Å². The van der Waals surface area contributed by atoms with Crippen LogP contribution in [0.5, 0.6) is 23.0 Å². The molecule has 4 N–H and O–H groups in total. The van der Waals surface area contributed by atoms with Crippen LogP contribution in [-0.2, 0) is 153 Å². The number of carboxylic acid groups (broad SMARTS) is 4. The molecule has 0 fully saturated rings. The molecule has 0 aliphatic heterocycles. The molecule has 0 aliphatic rings. The van der Waals surface area contributed by atoms with Crippen LogP contribution in [0, 0.1) is 22.7 Å². The Hall–Kier alpha value is -9.53. The van der Waals surface area contributed by atoms with E-state index in [0.29, 0.717) is 26.2 Å². The fraction of sp³-hybridized carbons (Fsp3) is 0.265. The van der Waals surface area contributed by atoms with Gasteiger partial charge in [0.1, 0.15) is 0 Å². The Kier molecular flexibility index (Phi) is 88.4. The summed E-state index contributed by atoms with van der Waals surface area (Å²) < 4.78 is 0. The third kappa shape index (κ3) is 79.3. The second kappa shape index (κ2) is 81.1. The minimum atomic E-state index is -1.08. The monoisotopic (exact) mass is 1600 g/mol. The molecule has 28 nitrogen and oxygen atoms in total. The molecule has 4 aromatic carbocycles. The Bertz CT molecular complexity index is 3000. The molecule has 0 spiro atoms. The van der Waals surface area contributed by atoms with Crippen LogP contribution in [0.2, 0.25) is 0 Å². The van der Waals surface area contributed by atoms with E-state index in [4.69, 9.17) is 72.3 Å². The van der Waals surface area contributed by atoms with Gasteiger partial charge >= 0.3 is 82.5 Å². The molecule has 8 rings (SSSR count). The number of nitriles is 2. The van der Waals surface area contributed by atoms with Crippen molar-refractivity contribution in [2.75, 3.05) is 26.2 Å². The molecule has 4 aromatic heterocycles. The van der Waals surface area contributed by atoms with Gasteiger partial charge in [0.25, 0.3) is 0 Å². The molecular weight excluding hydrogens is 1530 g/mol.